The predicted molar refractivity (Wildman–Crippen MR) is 67.3 cm³/mol. The maximum absolute atomic E-state index is 12.0. The van der Waals surface area contributed by atoms with Crippen LogP contribution in [0.2, 0.25) is 0 Å². The van der Waals surface area contributed by atoms with E-state index in [1.807, 2.05) is 13.8 Å². The highest BCUT2D eigenvalue weighted by molar-refractivity contribution is 7.15. The first kappa shape index (κ1) is 12.7. The van der Waals surface area contributed by atoms with Crippen molar-refractivity contribution in [1.29, 1.82) is 0 Å². The standard InChI is InChI=1S/C10H15N5O2S/c1-5(2)6-14-15-9(18-6)12-7(16)10(3-4-10)13-8(11)17/h5H,3-4H2,1-2H3,(H3,11,13,17)(H,12,15,16). The van der Waals surface area contributed by atoms with Crippen molar-refractivity contribution >= 4 is 28.4 Å². The molecule has 18 heavy (non-hydrogen) atoms. The number of anilines is 1. The number of nitrogens with zero attached hydrogens (tertiary/aromatic N) is 2. The molecule has 4 N–H and O–H groups in total. The van der Waals surface area contributed by atoms with Crippen LogP contribution in [0.5, 0.6) is 0 Å². The van der Waals surface area contributed by atoms with Gasteiger partial charge in [-0.25, -0.2) is 4.79 Å². The fraction of sp³-hybridized carbons (Fsp3) is 0.600. The summed E-state index contributed by atoms with van der Waals surface area (Å²) in [5, 5.41) is 14.3. The summed E-state index contributed by atoms with van der Waals surface area (Å²) in [6.07, 6.45) is 1.19. The van der Waals surface area contributed by atoms with Gasteiger partial charge in [0.25, 0.3) is 5.91 Å². The van der Waals surface area contributed by atoms with Gasteiger partial charge in [-0.3, -0.25) is 10.1 Å². The SMILES string of the molecule is CC(C)c1nnc(NC(=O)C2(NC(N)=O)CC2)s1. The van der Waals surface area contributed by atoms with E-state index in [1.54, 1.807) is 0 Å². The van der Waals surface area contributed by atoms with Crippen molar-refractivity contribution in [1.82, 2.24) is 15.5 Å². The Balaban J connectivity index is 2.00. The highest BCUT2D eigenvalue weighted by Gasteiger charge is 2.51. The van der Waals surface area contributed by atoms with Crippen LogP contribution in [0.25, 0.3) is 0 Å². The second-order valence-electron chi connectivity index (χ2n) is 4.63. The van der Waals surface area contributed by atoms with Crippen LogP contribution in [-0.4, -0.2) is 27.7 Å². The second-order valence-corrected chi connectivity index (χ2v) is 5.63. The van der Waals surface area contributed by atoms with Crippen LogP contribution in [-0.2, 0) is 4.79 Å². The Morgan fingerprint density at radius 1 is 1.39 bits per heavy atom. The van der Waals surface area contributed by atoms with E-state index in [4.69, 9.17) is 5.73 Å². The molecule has 0 unspecified atom stereocenters. The van der Waals surface area contributed by atoms with Gasteiger partial charge in [0.2, 0.25) is 5.13 Å². The summed E-state index contributed by atoms with van der Waals surface area (Å²) in [4.78, 5) is 22.8. The highest BCUT2D eigenvalue weighted by atomic mass is 32.1. The minimum atomic E-state index is -0.852. The maximum atomic E-state index is 12.0. The first-order chi connectivity index (χ1) is 8.43. The number of hydrogen-bond donors (Lipinski definition) is 3. The monoisotopic (exact) mass is 269 g/mol. The van der Waals surface area contributed by atoms with Crippen molar-refractivity contribution < 1.29 is 9.59 Å². The number of nitrogens with one attached hydrogen (secondary N) is 2. The lowest BCUT2D eigenvalue weighted by Gasteiger charge is -2.13. The summed E-state index contributed by atoms with van der Waals surface area (Å²) < 4.78 is 0. The van der Waals surface area contributed by atoms with Gasteiger partial charge in [-0.15, -0.1) is 10.2 Å². The molecule has 7 nitrogen and oxygen atoms in total. The normalized spacial score (nSPS) is 16.4. The predicted octanol–water partition coefficient (Wildman–Crippen LogP) is 0.801. The van der Waals surface area contributed by atoms with Crippen molar-refractivity contribution in [2.24, 2.45) is 5.73 Å². The topological polar surface area (TPSA) is 110 Å². The zero-order valence-electron chi connectivity index (χ0n) is 10.2. The molecule has 0 atom stereocenters. The number of aromatic nitrogens is 2. The summed E-state index contributed by atoms with van der Waals surface area (Å²) >= 11 is 1.33. The maximum Gasteiger partial charge on any atom is 0.313 e. The zero-order valence-corrected chi connectivity index (χ0v) is 11.0. The van der Waals surface area contributed by atoms with E-state index in [0.717, 1.165) is 5.01 Å². The Labute approximate surface area is 108 Å². The summed E-state index contributed by atoms with van der Waals surface area (Å²) in [6, 6.07) is -0.692. The number of hydrogen-bond acceptors (Lipinski definition) is 5. The minimum absolute atomic E-state index is 0.270. The molecule has 1 fully saturated rings. The number of urea groups is 1. The summed E-state index contributed by atoms with van der Waals surface area (Å²) in [5.74, 6) is -0.0143. The number of carbonyl (C=O) groups is 2. The molecule has 1 aromatic heterocycles. The molecule has 0 aliphatic heterocycles. The van der Waals surface area contributed by atoms with Crippen LogP contribution in [0.4, 0.5) is 9.93 Å². The van der Waals surface area contributed by atoms with E-state index >= 15 is 0 Å². The molecule has 1 aliphatic rings. The molecule has 0 saturated heterocycles. The number of amides is 3. The van der Waals surface area contributed by atoms with Gasteiger partial charge in [0.05, 0.1) is 0 Å². The molecule has 1 heterocycles. The van der Waals surface area contributed by atoms with Crippen LogP contribution < -0.4 is 16.4 Å². The minimum Gasteiger partial charge on any atom is -0.352 e. The molecule has 98 valence electrons. The molecular weight excluding hydrogens is 254 g/mol. The van der Waals surface area contributed by atoms with E-state index in [0.29, 0.717) is 18.0 Å². The Morgan fingerprint density at radius 3 is 2.50 bits per heavy atom. The molecule has 0 aromatic carbocycles. The molecular formula is C10H15N5O2S. The summed E-state index contributed by atoms with van der Waals surface area (Å²) in [5.41, 5.74) is 4.19. The fourth-order valence-electron chi connectivity index (χ4n) is 1.50. The van der Waals surface area contributed by atoms with E-state index in [-0.39, 0.29) is 11.8 Å². The van der Waals surface area contributed by atoms with Crippen LogP contribution in [0.3, 0.4) is 0 Å². The summed E-state index contributed by atoms with van der Waals surface area (Å²) in [7, 11) is 0. The number of nitrogens with two attached hydrogens (primary N) is 1. The van der Waals surface area contributed by atoms with Gasteiger partial charge in [-0.2, -0.15) is 0 Å². The van der Waals surface area contributed by atoms with Gasteiger partial charge in [-0.05, 0) is 12.8 Å². The van der Waals surface area contributed by atoms with Crippen molar-refractivity contribution in [3.63, 3.8) is 0 Å². The van der Waals surface area contributed by atoms with Gasteiger partial charge in [-0.1, -0.05) is 25.2 Å². The third-order valence-electron chi connectivity index (χ3n) is 2.70. The van der Waals surface area contributed by atoms with Crippen molar-refractivity contribution in [2.75, 3.05) is 5.32 Å². The average molecular weight is 269 g/mol. The van der Waals surface area contributed by atoms with Crippen molar-refractivity contribution in [2.45, 2.75) is 38.1 Å². The Kier molecular flexibility index (Phi) is 3.20. The molecule has 1 aromatic rings. The van der Waals surface area contributed by atoms with E-state index in [1.165, 1.54) is 11.3 Å². The largest absolute Gasteiger partial charge is 0.352 e. The van der Waals surface area contributed by atoms with Crippen molar-refractivity contribution in [3.05, 3.63) is 5.01 Å². The Hall–Kier alpha value is -1.70. The fourth-order valence-corrected chi connectivity index (χ4v) is 2.25. The van der Waals surface area contributed by atoms with Crippen LogP contribution in [0, 0.1) is 0 Å². The molecule has 2 rings (SSSR count). The lowest BCUT2D eigenvalue weighted by molar-refractivity contribution is -0.118. The third-order valence-corrected chi connectivity index (χ3v) is 3.84. The second kappa shape index (κ2) is 4.52. The van der Waals surface area contributed by atoms with Crippen LogP contribution in [0.1, 0.15) is 37.6 Å². The lowest BCUT2D eigenvalue weighted by atomic mass is 10.2. The average Bonchev–Trinajstić information content (AvgIpc) is 2.88. The van der Waals surface area contributed by atoms with Gasteiger partial charge >= 0.3 is 6.03 Å². The Morgan fingerprint density at radius 2 is 2.06 bits per heavy atom. The van der Waals surface area contributed by atoms with Crippen molar-refractivity contribution in [3.8, 4) is 0 Å². The quantitative estimate of drug-likeness (QED) is 0.750. The molecule has 0 radical (unpaired) electrons. The van der Waals surface area contributed by atoms with Crippen LogP contribution in [0.15, 0.2) is 0 Å². The zero-order chi connectivity index (χ0) is 13.3. The number of carbonyl (C=O) groups excluding carboxylic acids is 2. The van der Waals surface area contributed by atoms with E-state index in [9.17, 15) is 9.59 Å². The van der Waals surface area contributed by atoms with Gasteiger partial charge < -0.3 is 11.1 Å². The van der Waals surface area contributed by atoms with Crippen LogP contribution >= 0.6 is 11.3 Å². The van der Waals surface area contributed by atoms with E-state index in [2.05, 4.69) is 20.8 Å². The molecule has 1 saturated carbocycles. The molecule has 8 heteroatoms. The van der Waals surface area contributed by atoms with Gasteiger partial charge in [0.1, 0.15) is 10.5 Å². The number of primary amides is 1. The molecule has 1 aliphatic carbocycles. The summed E-state index contributed by atoms with van der Waals surface area (Å²) in [6.45, 7) is 4.01. The number of rotatable bonds is 4. The molecule has 0 spiro atoms. The molecule has 3 amide bonds. The van der Waals surface area contributed by atoms with Gasteiger partial charge in [0, 0.05) is 5.92 Å². The highest BCUT2D eigenvalue weighted by Crippen LogP contribution is 2.36. The first-order valence-electron chi connectivity index (χ1n) is 5.65. The third kappa shape index (κ3) is 2.58. The smallest absolute Gasteiger partial charge is 0.313 e. The van der Waals surface area contributed by atoms with Gasteiger partial charge in [0.15, 0.2) is 0 Å². The lowest BCUT2D eigenvalue weighted by Crippen LogP contribution is -2.48. The molecule has 0 bridgehead atoms. The Bertz CT molecular complexity index is 480. The first-order valence-corrected chi connectivity index (χ1v) is 6.47. The van der Waals surface area contributed by atoms with E-state index < -0.39 is 11.6 Å².